The van der Waals surface area contributed by atoms with E-state index in [9.17, 15) is 0 Å². The van der Waals surface area contributed by atoms with Crippen LogP contribution in [-0.4, -0.2) is 72.8 Å². The maximum atomic E-state index is 6.61. The minimum Gasteiger partial charge on any atom is -0.383 e. The monoisotopic (exact) mass is 589 g/mol. The lowest BCUT2D eigenvalue weighted by atomic mass is 9.78. The number of piperazine rings is 1. The van der Waals surface area contributed by atoms with Crippen molar-refractivity contribution in [3.63, 3.8) is 0 Å². The van der Waals surface area contributed by atoms with Crippen molar-refractivity contribution < 1.29 is 4.74 Å². The van der Waals surface area contributed by atoms with E-state index in [1.165, 1.54) is 11.1 Å². The number of nitrogens with one attached hydrogen (secondary N) is 1. The third kappa shape index (κ3) is 6.91. The Bertz CT molecular complexity index is 1440. The van der Waals surface area contributed by atoms with Crippen LogP contribution in [0.1, 0.15) is 28.2 Å². The fourth-order valence-corrected chi connectivity index (χ4v) is 6.13. The second kappa shape index (κ2) is 13.8. The molecule has 214 valence electrons. The van der Waals surface area contributed by atoms with Crippen molar-refractivity contribution in [2.75, 3.05) is 58.3 Å². The fourth-order valence-electron chi connectivity index (χ4n) is 5.86. The van der Waals surface area contributed by atoms with Gasteiger partial charge in [-0.25, -0.2) is 9.97 Å². The van der Waals surface area contributed by atoms with Crippen LogP contribution in [0.4, 0.5) is 11.6 Å². The molecule has 6 nitrogen and oxygen atoms in total. The molecule has 2 heterocycles. The zero-order valence-electron chi connectivity index (χ0n) is 23.4. The number of hydrogen-bond acceptors (Lipinski definition) is 6. The highest BCUT2D eigenvalue weighted by Gasteiger charge is 2.28. The Hall–Kier alpha value is -3.00. The van der Waals surface area contributed by atoms with Crippen LogP contribution in [0.5, 0.6) is 0 Å². The van der Waals surface area contributed by atoms with Gasteiger partial charge in [0, 0.05) is 74.8 Å². The van der Waals surface area contributed by atoms with Crippen LogP contribution < -0.4 is 5.32 Å². The van der Waals surface area contributed by atoms with Crippen molar-refractivity contribution >= 4 is 35.6 Å². The van der Waals surface area contributed by atoms with E-state index in [4.69, 9.17) is 21.3 Å². The summed E-state index contributed by atoms with van der Waals surface area (Å²) in [6.45, 7) is 7.43. The lowest BCUT2D eigenvalue weighted by Crippen LogP contribution is -2.47. The molecule has 2 aliphatic rings. The van der Waals surface area contributed by atoms with Crippen molar-refractivity contribution in [2.24, 2.45) is 0 Å². The number of anilines is 2. The lowest BCUT2D eigenvalue weighted by Gasteiger charge is -2.34. The van der Waals surface area contributed by atoms with Gasteiger partial charge in [0.25, 0.3) is 0 Å². The first-order valence-electron chi connectivity index (χ1n) is 14.2. The Labute approximate surface area is 254 Å². The molecule has 0 spiro atoms. The van der Waals surface area contributed by atoms with Gasteiger partial charge in [-0.1, -0.05) is 66.2 Å². The van der Waals surface area contributed by atoms with Crippen molar-refractivity contribution in [1.29, 1.82) is 0 Å². The molecule has 0 amide bonds. The minimum absolute atomic E-state index is 0. The zero-order chi connectivity index (χ0) is 27.3. The summed E-state index contributed by atoms with van der Waals surface area (Å²) in [5.74, 6) is 0.802. The minimum atomic E-state index is 0. The van der Waals surface area contributed by atoms with Gasteiger partial charge in [-0.05, 0) is 53.3 Å². The van der Waals surface area contributed by atoms with E-state index in [0.29, 0.717) is 5.95 Å². The van der Waals surface area contributed by atoms with Crippen molar-refractivity contribution in [1.82, 2.24) is 19.8 Å². The number of nitrogens with zero attached hydrogens (tertiary/aromatic N) is 4. The standard InChI is InChI=1S/C33H36ClN5O.ClH/c1-40-21-20-39-18-16-38(17-19-39)15-14-24-10-12-26(13-11-24)36-33-35-23-25-22-30(28-7-4-5-9-31(28)34)27-6-2-3-8-29(27)32(25)37-33;/h2-13,23,30H,14-22H2,1H3,(H,35,36,37);1H. The van der Waals surface area contributed by atoms with Gasteiger partial charge in [0.15, 0.2) is 0 Å². The molecule has 0 bridgehead atoms. The molecule has 4 aromatic rings. The number of benzene rings is 3. The predicted octanol–water partition coefficient (Wildman–Crippen LogP) is 6.46. The molecule has 41 heavy (non-hydrogen) atoms. The number of ether oxygens (including phenoxy) is 1. The van der Waals surface area contributed by atoms with Crippen molar-refractivity contribution in [2.45, 2.75) is 18.8 Å². The Morgan fingerprint density at radius 3 is 2.29 bits per heavy atom. The molecule has 1 aliphatic heterocycles. The van der Waals surface area contributed by atoms with Crippen molar-refractivity contribution in [3.8, 4) is 11.3 Å². The first kappa shape index (κ1) is 29.5. The Kier molecular flexibility index (Phi) is 9.91. The maximum Gasteiger partial charge on any atom is 0.227 e. The second-order valence-electron chi connectivity index (χ2n) is 10.7. The highest BCUT2D eigenvalue weighted by molar-refractivity contribution is 6.31. The largest absolute Gasteiger partial charge is 0.383 e. The molecule has 1 N–H and O–H groups in total. The average molecular weight is 591 g/mol. The summed E-state index contributed by atoms with van der Waals surface area (Å²) in [6.07, 6.45) is 3.85. The van der Waals surface area contributed by atoms with E-state index in [1.807, 2.05) is 18.3 Å². The van der Waals surface area contributed by atoms with E-state index >= 15 is 0 Å². The molecule has 1 atom stereocenters. The zero-order valence-corrected chi connectivity index (χ0v) is 25.0. The predicted molar refractivity (Wildman–Crippen MR) is 170 cm³/mol. The van der Waals surface area contributed by atoms with Gasteiger partial charge >= 0.3 is 0 Å². The molecule has 1 saturated heterocycles. The van der Waals surface area contributed by atoms with Crippen LogP contribution >= 0.6 is 24.0 Å². The van der Waals surface area contributed by atoms with E-state index in [0.717, 1.165) is 91.8 Å². The Morgan fingerprint density at radius 1 is 0.878 bits per heavy atom. The summed E-state index contributed by atoms with van der Waals surface area (Å²) < 4.78 is 5.21. The molecule has 1 aliphatic carbocycles. The van der Waals surface area contributed by atoms with E-state index in [-0.39, 0.29) is 18.3 Å². The molecule has 1 aromatic heterocycles. The first-order valence-corrected chi connectivity index (χ1v) is 14.5. The maximum absolute atomic E-state index is 6.61. The number of rotatable bonds is 9. The van der Waals surface area contributed by atoms with Crippen LogP contribution in [0.15, 0.2) is 79.0 Å². The topological polar surface area (TPSA) is 53.5 Å². The van der Waals surface area contributed by atoms with E-state index < -0.39 is 0 Å². The van der Waals surface area contributed by atoms with E-state index in [2.05, 4.69) is 80.8 Å². The van der Waals surface area contributed by atoms with Gasteiger partial charge in [-0.3, -0.25) is 4.90 Å². The smallest absolute Gasteiger partial charge is 0.227 e. The van der Waals surface area contributed by atoms with Crippen LogP contribution in [0.2, 0.25) is 5.02 Å². The Balaban J connectivity index is 0.00000337. The Morgan fingerprint density at radius 2 is 1.56 bits per heavy atom. The van der Waals surface area contributed by atoms with E-state index in [1.54, 1.807) is 7.11 Å². The number of fused-ring (bicyclic) bond motifs is 3. The quantitative estimate of drug-likeness (QED) is 0.242. The average Bonchev–Trinajstić information content (AvgIpc) is 3.00. The number of methoxy groups -OCH3 is 1. The van der Waals surface area contributed by atoms with Crippen LogP contribution in [0, 0.1) is 0 Å². The van der Waals surface area contributed by atoms with Crippen LogP contribution in [0.25, 0.3) is 11.3 Å². The summed E-state index contributed by atoms with van der Waals surface area (Å²) in [4.78, 5) is 14.7. The van der Waals surface area contributed by atoms with Gasteiger partial charge in [0.1, 0.15) is 0 Å². The third-order valence-electron chi connectivity index (χ3n) is 8.16. The number of halogens is 2. The number of aromatic nitrogens is 2. The lowest BCUT2D eigenvalue weighted by molar-refractivity contribution is 0.0976. The summed E-state index contributed by atoms with van der Waals surface area (Å²) in [7, 11) is 1.77. The molecular weight excluding hydrogens is 553 g/mol. The van der Waals surface area contributed by atoms with Gasteiger partial charge in [-0.15, -0.1) is 12.4 Å². The van der Waals surface area contributed by atoms with Gasteiger partial charge in [0.05, 0.1) is 12.3 Å². The summed E-state index contributed by atoms with van der Waals surface area (Å²) in [5, 5.41) is 4.22. The normalized spacial score (nSPS) is 16.9. The molecule has 1 unspecified atom stereocenters. The van der Waals surface area contributed by atoms with Gasteiger partial charge in [-0.2, -0.15) is 0 Å². The molecular formula is C33H37Cl2N5O. The second-order valence-corrected chi connectivity index (χ2v) is 11.1. The van der Waals surface area contributed by atoms with Gasteiger partial charge in [0.2, 0.25) is 5.95 Å². The molecule has 3 aromatic carbocycles. The van der Waals surface area contributed by atoms with Crippen LogP contribution in [0.3, 0.4) is 0 Å². The SMILES string of the molecule is COCCN1CCN(CCc2ccc(Nc3ncc4c(n3)-c3ccccc3C(c3ccccc3Cl)C4)cc2)CC1.Cl. The fraction of sp³-hybridized carbons (Fsp3) is 0.333. The number of hydrogen-bond donors (Lipinski definition) is 1. The highest BCUT2D eigenvalue weighted by Crippen LogP contribution is 2.43. The molecule has 0 saturated carbocycles. The third-order valence-corrected chi connectivity index (χ3v) is 8.51. The van der Waals surface area contributed by atoms with Crippen LogP contribution in [-0.2, 0) is 17.6 Å². The van der Waals surface area contributed by atoms with Gasteiger partial charge < -0.3 is 15.0 Å². The highest BCUT2D eigenvalue weighted by atomic mass is 35.5. The summed E-state index contributed by atoms with van der Waals surface area (Å²) in [5.41, 5.74) is 8.03. The molecule has 8 heteroatoms. The first-order chi connectivity index (χ1) is 19.7. The summed E-state index contributed by atoms with van der Waals surface area (Å²) in [6, 6.07) is 25.3. The summed E-state index contributed by atoms with van der Waals surface area (Å²) >= 11 is 6.61. The van der Waals surface area contributed by atoms with Crippen molar-refractivity contribution in [3.05, 3.63) is 106 Å². The molecule has 0 radical (unpaired) electrons. The molecule has 1 fully saturated rings. The molecule has 6 rings (SSSR count).